The average molecular weight is 266 g/mol. The Morgan fingerprint density at radius 1 is 1.10 bits per heavy atom. The molecule has 2 rings (SSSR count). The van der Waals surface area contributed by atoms with E-state index in [-0.39, 0.29) is 6.04 Å². The molecule has 102 valence electrons. The zero-order valence-electron chi connectivity index (χ0n) is 11.5. The van der Waals surface area contributed by atoms with E-state index in [4.69, 9.17) is 4.74 Å². The van der Waals surface area contributed by atoms with Crippen LogP contribution in [0, 0.1) is 11.3 Å². The van der Waals surface area contributed by atoms with Crippen molar-refractivity contribution in [3.63, 3.8) is 0 Å². The number of ether oxygens (including phenoxy) is 1. The highest BCUT2D eigenvalue weighted by Gasteiger charge is 2.09. The molecule has 0 saturated heterocycles. The normalized spacial score (nSPS) is 11.6. The molecule has 0 unspecified atom stereocenters. The van der Waals surface area contributed by atoms with Gasteiger partial charge in [-0.05, 0) is 29.7 Å². The van der Waals surface area contributed by atoms with Crippen LogP contribution in [-0.4, -0.2) is 13.7 Å². The van der Waals surface area contributed by atoms with Crippen LogP contribution < -0.4 is 10.1 Å². The number of hydrogen-bond acceptors (Lipinski definition) is 3. The van der Waals surface area contributed by atoms with Crippen molar-refractivity contribution in [2.75, 3.05) is 13.7 Å². The molecular weight excluding hydrogens is 248 g/mol. The Hall–Kier alpha value is -2.31. The Bertz CT molecular complexity index is 558. The van der Waals surface area contributed by atoms with Crippen molar-refractivity contribution in [3.8, 4) is 11.8 Å². The van der Waals surface area contributed by atoms with E-state index in [1.54, 1.807) is 7.11 Å². The molecule has 0 spiro atoms. The van der Waals surface area contributed by atoms with Crippen molar-refractivity contribution in [1.29, 1.82) is 5.26 Å². The standard InChI is InChI=1S/C17H18N2O/c1-20-16-9-7-15(8-10-16)17(13-18)19-12-11-14-5-3-2-4-6-14/h2-10,17,19H,11-12H2,1H3/t17-/m0/s1. The zero-order chi connectivity index (χ0) is 14.2. The Kier molecular flexibility index (Phi) is 5.16. The van der Waals surface area contributed by atoms with Gasteiger partial charge in [-0.25, -0.2) is 0 Å². The van der Waals surface area contributed by atoms with Crippen LogP contribution in [0.5, 0.6) is 5.75 Å². The van der Waals surface area contributed by atoms with Gasteiger partial charge in [0.25, 0.3) is 0 Å². The number of benzene rings is 2. The molecule has 0 aliphatic rings. The lowest BCUT2D eigenvalue weighted by atomic mass is 10.1. The maximum atomic E-state index is 9.26. The third-order valence-corrected chi connectivity index (χ3v) is 3.18. The lowest BCUT2D eigenvalue weighted by molar-refractivity contribution is 0.414. The van der Waals surface area contributed by atoms with Crippen LogP contribution in [0.2, 0.25) is 0 Å². The van der Waals surface area contributed by atoms with Crippen molar-refractivity contribution in [2.45, 2.75) is 12.5 Å². The first-order valence-corrected chi connectivity index (χ1v) is 6.64. The summed E-state index contributed by atoms with van der Waals surface area (Å²) >= 11 is 0. The fourth-order valence-electron chi connectivity index (χ4n) is 2.04. The topological polar surface area (TPSA) is 45.0 Å². The minimum atomic E-state index is -0.287. The maximum Gasteiger partial charge on any atom is 0.121 e. The molecule has 3 heteroatoms. The molecule has 0 amide bonds. The van der Waals surface area contributed by atoms with Crippen molar-refractivity contribution in [2.24, 2.45) is 0 Å². The van der Waals surface area contributed by atoms with Gasteiger partial charge in [0, 0.05) is 6.54 Å². The molecule has 1 N–H and O–H groups in total. The summed E-state index contributed by atoms with van der Waals surface area (Å²) in [5, 5.41) is 12.5. The molecule has 0 aliphatic heterocycles. The third kappa shape index (κ3) is 3.84. The van der Waals surface area contributed by atoms with Crippen LogP contribution in [0.4, 0.5) is 0 Å². The molecule has 0 aliphatic carbocycles. The van der Waals surface area contributed by atoms with E-state index in [9.17, 15) is 5.26 Å². The molecule has 2 aromatic carbocycles. The summed E-state index contributed by atoms with van der Waals surface area (Å²) in [6, 6.07) is 19.8. The monoisotopic (exact) mass is 266 g/mol. The highest BCUT2D eigenvalue weighted by atomic mass is 16.5. The average Bonchev–Trinajstić information content (AvgIpc) is 2.53. The second-order valence-electron chi connectivity index (χ2n) is 4.52. The number of nitrogens with one attached hydrogen (secondary N) is 1. The van der Waals surface area contributed by atoms with Gasteiger partial charge in [0.1, 0.15) is 11.8 Å². The quantitative estimate of drug-likeness (QED) is 0.874. The van der Waals surface area contributed by atoms with Gasteiger partial charge in [-0.1, -0.05) is 42.5 Å². The molecule has 0 fully saturated rings. The number of nitrogens with zero attached hydrogens (tertiary/aromatic N) is 1. The van der Waals surface area contributed by atoms with Gasteiger partial charge in [-0.15, -0.1) is 0 Å². The lowest BCUT2D eigenvalue weighted by Gasteiger charge is -2.12. The van der Waals surface area contributed by atoms with Gasteiger partial charge >= 0.3 is 0 Å². The number of nitriles is 1. The van der Waals surface area contributed by atoms with Gasteiger partial charge in [0.15, 0.2) is 0 Å². The summed E-state index contributed by atoms with van der Waals surface area (Å²) < 4.78 is 5.12. The highest BCUT2D eigenvalue weighted by molar-refractivity contribution is 5.31. The Morgan fingerprint density at radius 3 is 2.40 bits per heavy atom. The number of rotatable bonds is 6. The van der Waals surface area contributed by atoms with Gasteiger partial charge in [-0.2, -0.15) is 5.26 Å². The van der Waals surface area contributed by atoms with E-state index >= 15 is 0 Å². The van der Waals surface area contributed by atoms with Crippen LogP contribution in [0.1, 0.15) is 17.2 Å². The highest BCUT2D eigenvalue weighted by Crippen LogP contribution is 2.17. The fourth-order valence-corrected chi connectivity index (χ4v) is 2.04. The SMILES string of the molecule is COc1ccc([C@H](C#N)NCCc2ccccc2)cc1. The summed E-state index contributed by atoms with van der Waals surface area (Å²) in [4.78, 5) is 0. The third-order valence-electron chi connectivity index (χ3n) is 3.18. The molecule has 0 saturated carbocycles. The van der Waals surface area contributed by atoms with Crippen molar-refractivity contribution >= 4 is 0 Å². The zero-order valence-corrected chi connectivity index (χ0v) is 11.5. The molecule has 1 atom stereocenters. The number of hydrogen-bond donors (Lipinski definition) is 1. The predicted octanol–water partition coefficient (Wildman–Crippen LogP) is 3.09. The molecule has 0 aromatic heterocycles. The van der Waals surface area contributed by atoms with E-state index in [0.717, 1.165) is 24.3 Å². The Labute approximate surface area is 119 Å². The van der Waals surface area contributed by atoms with Gasteiger partial charge < -0.3 is 4.74 Å². The molecule has 0 bridgehead atoms. The van der Waals surface area contributed by atoms with Crippen LogP contribution in [0.15, 0.2) is 54.6 Å². The van der Waals surface area contributed by atoms with E-state index in [1.165, 1.54) is 5.56 Å². The van der Waals surface area contributed by atoms with Gasteiger partial charge in [0.05, 0.1) is 13.2 Å². The van der Waals surface area contributed by atoms with E-state index in [0.29, 0.717) is 0 Å². The minimum absolute atomic E-state index is 0.287. The van der Waals surface area contributed by atoms with E-state index in [2.05, 4.69) is 23.5 Å². The fraction of sp³-hybridized carbons (Fsp3) is 0.235. The second-order valence-corrected chi connectivity index (χ2v) is 4.52. The minimum Gasteiger partial charge on any atom is -0.497 e. The smallest absolute Gasteiger partial charge is 0.121 e. The first-order valence-electron chi connectivity index (χ1n) is 6.64. The number of methoxy groups -OCH3 is 1. The Balaban J connectivity index is 1.90. The van der Waals surface area contributed by atoms with Crippen LogP contribution in [0.3, 0.4) is 0 Å². The van der Waals surface area contributed by atoms with Crippen molar-refractivity contribution in [3.05, 3.63) is 65.7 Å². The van der Waals surface area contributed by atoms with Crippen molar-refractivity contribution < 1.29 is 4.74 Å². The summed E-state index contributed by atoms with van der Waals surface area (Å²) in [6.07, 6.45) is 0.912. The molecule has 2 aromatic rings. The van der Waals surface area contributed by atoms with Gasteiger partial charge in [0.2, 0.25) is 0 Å². The van der Waals surface area contributed by atoms with Gasteiger partial charge in [-0.3, -0.25) is 5.32 Å². The molecule has 3 nitrogen and oxygen atoms in total. The summed E-state index contributed by atoms with van der Waals surface area (Å²) in [5.74, 6) is 0.801. The lowest BCUT2D eigenvalue weighted by Crippen LogP contribution is -2.22. The van der Waals surface area contributed by atoms with Crippen molar-refractivity contribution in [1.82, 2.24) is 5.32 Å². The maximum absolute atomic E-state index is 9.26. The molecule has 0 heterocycles. The van der Waals surface area contributed by atoms with E-state index in [1.807, 2.05) is 42.5 Å². The summed E-state index contributed by atoms with van der Waals surface area (Å²) in [7, 11) is 1.63. The summed E-state index contributed by atoms with van der Waals surface area (Å²) in [5.41, 5.74) is 2.23. The molecule has 0 radical (unpaired) electrons. The first kappa shape index (κ1) is 14.1. The first-order chi connectivity index (χ1) is 9.83. The predicted molar refractivity (Wildman–Crippen MR) is 79.5 cm³/mol. The second kappa shape index (κ2) is 7.32. The molecular formula is C17H18N2O. The van der Waals surface area contributed by atoms with Crippen LogP contribution in [0.25, 0.3) is 0 Å². The van der Waals surface area contributed by atoms with Crippen LogP contribution in [-0.2, 0) is 6.42 Å². The molecule has 20 heavy (non-hydrogen) atoms. The Morgan fingerprint density at radius 2 is 1.80 bits per heavy atom. The van der Waals surface area contributed by atoms with E-state index < -0.39 is 0 Å². The summed E-state index contributed by atoms with van der Waals surface area (Å²) in [6.45, 7) is 0.772. The largest absolute Gasteiger partial charge is 0.497 e. The van der Waals surface area contributed by atoms with Crippen LogP contribution >= 0.6 is 0 Å².